The Bertz CT molecular complexity index is 1150. The van der Waals surface area contributed by atoms with Gasteiger partial charge in [-0.15, -0.1) is 0 Å². The van der Waals surface area contributed by atoms with Crippen LogP contribution >= 0.6 is 0 Å². The average molecular weight is 501 g/mol. The van der Waals surface area contributed by atoms with Gasteiger partial charge in [0, 0.05) is 29.6 Å². The van der Waals surface area contributed by atoms with Crippen LogP contribution in [-0.4, -0.2) is 48.8 Å². The van der Waals surface area contributed by atoms with Crippen LogP contribution in [0.3, 0.4) is 0 Å². The predicted molar refractivity (Wildman–Crippen MR) is 126 cm³/mol. The van der Waals surface area contributed by atoms with Crippen molar-refractivity contribution >= 4 is 29.5 Å². The topological polar surface area (TPSA) is 113 Å². The van der Waals surface area contributed by atoms with Crippen LogP contribution in [0.15, 0.2) is 11.6 Å². The summed E-state index contributed by atoms with van der Waals surface area (Å²) in [6, 6.07) is 0. The first kappa shape index (κ1) is 25.2. The fourth-order valence-electron chi connectivity index (χ4n) is 9.75. The molecular formula is C28H36O8. The van der Waals surface area contributed by atoms with Gasteiger partial charge in [-0.1, -0.05) is 32.4 Å². The predicted octanol–water partition coefficient (Wildman–Crippen LogP) is 3.21. The summed E-state index contributed by atoms with van der Waals surface area (Å²) < 4.78 is 17.1. The van der Waals surface area contributed by atoms with Gasteiger partial charge in [-0.05, 0) is 40.0 Å². The molecule has 36 heavy (non-hydrogen) atoms. The number of methoxy groups -OCH3 is 1. The summed E-state index contributed by atoms with van der Waals surface area (Å²) in [5.74, 6) is -3.94. The Morgan fingerprint density at radius 2 is 1.72 bits per heavy atom. The molecule has 0 aromatic carbocycles. The Hall–Kier alpha value is -2.51. The number of carbonyl (C=O) groups is 5. The zero-order valence-electron chi connectivity index (χ0n) is 22.4. The van der Waals surface area contributed by atoms with Crippen LogP contribution in [0.1, 0.15) is 67.7 Å². The number of Topliss-reactive ketones (excluding diaryl/α,β-unsaturated/α-hetero) is 2. The third kappa shape index (κ3) is 2.31. The number of ketones is 2. The normalized spacial score (nSPS) is 48.3. The van der Waals surface area contributed by atoms with Crippen LogP contribution in [0.25, 0.3) is 0 Å². The summed E-state index contributed by atoms with van der Waals surface area (Å²) in [4.78, 5) is 67.4. The molecule has 8 nitrogen and oxygen atoms in total. The van der Waals surface area contributed by atoms with E-state index in [0.29, 0.717) is 18.4 Å². The van der Waals surface area contributed by atoms with Gasteiger partial charge in [-0.2, -0.15) is 0 Å². The number of hydrogen-bond donors (Lipinski definition) is 0. The van der Waals surface area contributed by atoms with E-state index in [1.54, 1.807) is 20.8 Å². The zero-order valence-corrected chi connectivity index (χ0v) is 22.4. The molecule has 0 N–H and O–H groups in total. The molecule has 0 amide bonds. The van der Waals surface area contributed by atoms with E-state index in [-0.39, 0.29) is 30.1 Å². The Morgan fingerprint density at radius 1 is 1.08 bits per heavy atom. The van der Waals surface area contributed by atoms with E-state index in [4.69, 9.17) is 14.2 Å². The molecule has 1 saturated heterocycles. The molecule has 2 bridgehead atoms. The van der Waals surface area contributed by atoms with Gasteiger partial charge in [-0.3, -0.25) is 24.0 Å². The molecule has 4 aliphatic carbocycles. The minimum absolute atomic E-state index is 0.228. The van der Waals surface area contributed by atoms with Crippen molar-refractivity contribution in [3.05, 3.63) is 11.6 Å². The van der Waals surface area contributed by atoms with E-state index in [1.807, 2.05) is 26.8 Å². The molecule has 8 heteroatoms. The van der Waals surface area contributed by atoms with Crippen LogP contribution in [-0.2, 0) is 38.2 Å². The second-order valence-corrected chi connectivity index (χ2v) is 12.7. The molecular weight excluding hydrogens is 464 g/mol. The maximum atomic E-state index is 14.1. The molecule has 1 aliphatic heterocycles. The largest absolute Gasteiger partial charge is 0.468 e. The van der Waals surface area contributed by atoms with Crippen LogP contribution in [0.2, 0.25) is 0 Å². The summed E-state index contributed by atoms with van der Waals surface area (Å²) >= 11 is 0. The fourth-order valence-corrected chi connectivity index (χ4v) is 9.75. The number of hydrogen-bond acceptors (Lipinski definition) is 8. The maximum Gasteiger partial charge on any atom is 0.321 e. The lowest BCUT2D eigenvalue weighted by Gasteiger charge is -2.66. The Kier molecular flexibility index (Phi) is 4.94. The highest BCUT2D eigenvalue weighted by atomic mass is 16.6. The summed E-state index contributed by atoms with van der Waals surface area (Å²) in [6.45, 7) is 12.3. The lowest BCUT2D eigenvalue weighted by Crippen LogP contribution is -2.71. The zero-order chi connectivity index (χ0) is 26.8. The van der Waals surface area contributed by atoms with Gasteiger partial charge >= 0.3 is 17.9 Å². The lowest BCUT2D eigenvalue weighted by atomic mass is 9.33. The standard InChI is InChI=1S/C28H36O8/c1-13-11-17-25(6,28(23(33)34-8)21(31)14(2)20(30)26(13,28)7)12-16-19-24(4,5)18(35-15(3)29)9-10-27(17,19)22(32)36-16/h11,14,16-19H,9-10,12H2,1-8H3/t14-,16+,17-,18+,19-,25+,26+,27-,28-/m0/s1. The second kappa shape index (κ2) is 7.07. The van der Waals surface area contributed by atoms with E-state index in [1.165, 1.54) is 14.0 Å². The SMILES string of the molecule is COC(=O)[C@]12C(=O)[C@@H](C)C(=O)[C@@]1(C)C(C)=C[C@@H]1[C@@]34CC[C@@H](OC(C)=O)C(C)(C)[C@@H]3[C@@H](C[C@]12C)OC4=O. The summed E-state index contributed by atoms with van der Waals surface area (Å²) in [6.07, 6.45) is 2.07. The average Bonchev–Trinajstić information content (AvgIpc) is 3.12. The lowest BCUT2D eigenvalue weighted by molar-refractivity contribution is -0.216. The molecule has 0 unspecified atom stereocenters. The van der Waals surface area contributed by atoms with Gasteiger partial charge in [0.25, 0.3) is 0 Å². The van der Waals surface area contributed by atoms with Gasteiger partial charge in [0.05, 0.1) is 23.9 Å². The number of rotatable bonds is 2. The monoisotopic (exact) mass is 500 g/mol. The number of allylic oxidation sites excluding steroid dienone is 2. The number of fused-ring (bicyclic) bond motifs is 3. The van der Waals surface area contributed by atoms with E-state index in [2.05, 4.69) is 0 Å². The number of ether oxygens (including phenoxy) is 3. The van der Waals surface area contributed by atoms with Crippen molar-refractivity contribution in [2.45, 2.75) is 79.9 Å². The highest BCUT2D eigenvalue weighted by Crippen LogP contribution is 2.78. The molecule has 5 rings (SSSR count). The molecule has 4 fully saturated rings. The molecule has 0 aromatic heterocycles. The first-order valence-electron chi connectivity index (χ1n) is 12.8. The van der Waals surface area contributed by atoms with E-state index >= 15 is 0 Å². The Morgan fingerprint density at radius 3 is 2.31 bits per heavy atom. The van der Waals surface area contributed by atoms with E-state index < -0.39 is 62.9 Å². The molecule has 0 aromatic rings. The van der Waals surface area contributed by atoms with Crippen molar-refractivity contribution < 1.29 is 38.2 Å². The van der Waals surface area contributed by atoms with Gasteiger partial charge in [0.15, 0.2) is 11.6 Å². The van der Waals surface area contributed by atoms with Gasteiger partial charge < -0.3 is 14.2 Å². The van der Waals surface area contributed by atoms with Gasteiger partial charge in [0.2, 0.25) is 0 Å². The third-order valence-corrected chi connectivity index (χ3v) is 11.1. The highest BCUT2D eigenvalue weighted by Gasteiger charge is 2.86. The van der Waals surface area contributed by atoms with Crippen molar-refractivity contribution in [3.8, 4) is 0 Å². The van der Waals surface area contributed by atoms with Gasteiger partial charge in [-0.25, -0.2) is 0 Å². The number of esters is 3. The molecule has 3 saturated carbocycles. The summed E-state index contributed by atoms with van der Waals surface area (Å²) in [5, 5.41) is 0. The fraction of sp³-hybridized carbons (Fsp3) is 0.750. The molecule has 9 atom stereocenters. The second-order valence-electron chi connectivity index (χ2n) is 12.7. The minimum atomic E-state index is -1.77. The molecule has 0 spiro atoms. The molecule has 1 heterocycles. The smallest absolute Gasteiger partial charge is 0.321 e. The van der Waals surface area contributed by atoms with Crippen molar-refractivity contribution in [2.24, 2.45) is 44.8 Å². The first-order chi connectivity index (χ1) is 16.6. The van der Waals surface area contributed by atoms with Crippen LogP contribution in [0.4, 0.5) is 0 Å². The van der Waals surface area contributed by atoms with Crippen molar-refractivity contribution in [1.29, 1.82) is 0 Å². The van der Waals surface area contributed by atoms with Crippen LogP contribution in [0, 0.1) is 44.8 Å². The summed E-state index contributed by atoms with van der Waals surface area (Å²) in [5.41, 5.74) is -5.23. The van der Waals surface area contributed by atoms with E-state index in [9.17, 15) is 24.0 Å². The molecule has 5 aliphatic rings. The molecule has 0 radical (unpaired) electrons. The van der Waals surface area contributed by atoms with Crippen LogP contribution < -0.4 is 0 Å². The van der Waals surface area contributed by atoms with Crippen LogP contribution in [0.5, 0.6) is 0 Å². The van der Waals surface area contributed by atoms with Gasteiger partial charge in [0.1, 0.15) is 17.6 Å². The molecule has 196 valence electrons. The minimum Gasteiger partial charge on any atom is -0.468 e. The van der Waals surface area contributed by atoms with Crippen molar-refractivity contribution in [2.75, 3.05) is 7.11 Å². The Labute approximate surface area is 211 Å². The first-order valence-corrected chi connectivity index (χ1v) is 12.8. The maximum absolute atomic E-state index is 14.1. The third-order valence-electron chi connectivity index (χ3n) is 11.1. The van der Waals surface area contributed by atoms with Crippen molar-refractivity contribution in [3.63, 3.8) is 0 Å². The highest BCUT2D eigenvalue weighted by molar-refractivity contribution is 6.25. The quantitative estimate of drug-likeness (QED) is 0.246. The van der Waals surface area contributed by atoms with E-state index in [0.717, 1.165) is 0 Å². The van der Waals surface area contributed by atoms with Crippen molar-refractivity contribution in [1.82, 2.24) is 0 Å². The number of carbonyl (C=O) groups excluding carboxylic acids is 5. The summed E-state index contributed by atoms with van der Waals surface area (Å²) in [7, 11) is 1.25. The Balaban J connectivity index is 1.79.